The van der Waals surface area contributed by atoms with E-state index in [1.807, 2.05) is 49.4 Å². The Balaban J connectivity index is 2.49. The van der Waals surface area contributed by atoms with Crippen LogP contribution in [0.4, 0.5) is 0 Å². The Morgan fingerprint density at radius 1 is 1.17 bits per heavy atom. The van der Waals surface area contributed by atoms with Crippen molar-refractivity contribution in [3.8, 4) is 0 Å². The van der Waals surface area contributed by atoms with Crippen molar-refractivity contribution in [2.24, 2.45) is 0 Å². The van der Waals surface area contributed by atoms with Crippen LogP contribution in [0, 0.1) is 0 Å². The number of nitrogens with zero attached hydrogens (tertiary/aromatic N) is 1. The molecule has 0 fully saturated rings. The molecule has 1 heterocycles. The van der Waals surface area contributed by atoms with E-state index in [0.29, 0.717) is 6.42 Å². The van der Waals surface area contributed by atoms with Gasteiger partial charge >= 0.3 is 0 Å². The van der Waals surface area contributed by atoms with Gasteiger partial charge in [-0.1, -0.05) is 43.3 Å². The maximum Gasteiger partial charge on any atom is 0.254 e. The Hall–Kier alpha value is -1.87. The summed E-state index contributed by atoms with van der Waals surface area (Å²) in [5.41, 5.74) is 1.69. The SMILES string of the molecule is CCc1cccn([C@@H](CO)c2ccccc2)c1=O. The standard InChI is InChI=1S/C15H17NO2/c1-2-12-9-6-10-16(15(12)18)14(11-17)13-7-4-3-5-8-13/h3-10,14,17H,2,11H2,1H3/t14-/m0/s1. The number of aromatic nitrogens is 1. The topological polar surface area (TPSA) is 42.2 Å². The summed E-state index contributed by atoms with van der Waals surface area (Å²) >= 11 is 0. The Morgan fingerprint density at radius 2 is 1.89 bits per heavy atom. The monoisotopic (exact) mass is 243 g/mol. The molecule has 0 unspecified atom stereocenters. The number of benzene rings is 1. The molecule has 1 aromatic heterocycles. The lowest BCUT2D eigenvalue weighted by Crippen LogP contribution is -2.29. The van der Waals surface area contributed by atoms with E-state index in [0.717, 1.165) is 11.1 Å². The zero-order chi connectivity index (χ0) is 13.0. The van der Waals surface area contributed by atoms with Crippen molar-refractivity contribution in [1.29, 1.82) is 0 Å². The van der Waals surface area contributed by atoms with Crippen molar-refractivity contribution >= 4 is 0 Å². The summed E-state index contributed by atoms with van der Waals surface area (Å²) < 4.78 is 1.61. The van der Waals surface area contributed by atoms with E-state index in [1.54, 1.807) is 10.8 Å². The molecular weight excluding hydrogens is 226 g/mol. The lowest BCUT2D eigenvalue weighted by molar-refractivity contribution is 0.246. The fourth-order valence-electron chi connectivity index (χ4n) is 2.10. The third-order valence-corrected chi connectivity index (χ3v) is 3.13. The molecule has 1 N–H and O–H groups in total. The quantitative estimate of drug-likeness (QED) is 0.892. The molecule has 0 aliphatic rings. The molecule has 2 aromatic rings. The van der Waals surface area contributed by atoms with E-state index in [-0.39, 0.29) is 18.2 Å². The molecule has 0 saturated heterocycles. The molecule has 1 atom stereocenters. The van der Waals surface area contributed by atoms with Gasteiger partial charge in [-0.25, -0.2) is 0 Å². The highest BCUT2D eigenvalue weighted by atomic mass is 16.3. The minimum atomic E-state index is -0.315. The van der Waals surface area contributed by atoms with E-state index in [9.17, 15) is 9.90 Å². The summed E-state index contributed by atoms with van der Waals surface area (Å²) in [4.78, 5) is 12.2. The van der Waals surface area contributed by atoms with E-state index < -0.39 is 0 Å². The van der Waals surface area contributed by atoms with Gasteiger partial charge in [-0.05, 0) is 18.1 Å². The molecule has 2 rings (SSSR count). The van der Waals surface area contributed by atoms with Crippen LogP contribution >= 0.6 is 0 Å². The zero-order valence-electron chi connectivity index (χ0n) is 10.4. The Bertz CT molecular complexity index is 560. The van der Waals surface area contributed by atoms with Crippen LogP contribution in [0.5, 0.6) is 0 Å². The lowest BCUT2D eigenvalue weighted by Gasteiger charge is -2.18. The largest absolute Gasteiger partial charge is 0.394 e. The van der Waals surface area contributed by atoms with Gasteiger partial charge < -0.3 is 9.67 Å². The average Bonchev–Trinajstić information content (AvgIpc) is 2.43. The maximum atomic E-state index is 12.2. The maximum absolute atomic E-state index is 12.2. The van der Waals surface area contributed by atoms with Crippen molar-refractivity contribution in [3.05, 3.63) is 70.1 Å². The van der Waals surface area contributed by atoms with Gasteiger partial charge in [0.1, 0.15) is 0 Å². The summed E-state index contributed by atoms with van der Waals surface area (Å²) in [6.07, 6.45) is 2.43. The summed E-state index contributed by atoms with van der Waals surface area (Å²) in [6.45, 7) is 1.87. The lowest BCUT2D eigenvalue weighted by atomic mass is 10.1. The second-order valence-electron chi connectivity index (χ2n) is 4.21. The molecular formula is C15H17NO2. The van der Waals surface area contributed by atoms with Crippen LogP contribution in [-0.4, -0.2) is 16.3 Å². The number of hydrogen-bond donors (Lipinski definition) is 1. The smallest absolute Gasteiger partial charge is 0.254 e. The number of aliphatic hydroxyl groups is 1. The second-order valence-corrected chi connectivity index (χ2v) is 4.21. The van der Waals surface area contributed by atoms with Crippen molar-refractivity contribution < 1.29 is 5.11 Å². The minimum absolute atomic E-state index is 0.0251. The molecule has 0 spiro atoms. The first-order valence-corrected chi connectivity index (χ1v) is 6.13. The summed E-state index contributed by atoms with van der Waals surface area (Å²) in [5.74, 6) is 0. The normalized spacial score (nSPS) is 12.3. The summed E-state index contributed by atoms with van der Waals surface area (Å²) in [5, 5.41) is 9.56. The number of aryl methyl sites for hydroxylation is 1. The number of hydrogen-bond acceptors (Lipinski definition) is 2. The van der Waals surface area contributed by atoms with Gasteiger partial charge in [0.15, 0.2) is 0 Å². The van der Waals surface area contributed by atoms with Crippen LogP contribution in [0.3, 0.4) is 0 Å². The number of rotatable bonds is 4. The van der Waals surface area contributed by atoms with E-state index >= 15 is 0 Å². The third-order valence-electron chi connectivity index (χ3n) is 3.13. The molecule has 0 radical (unpaired) electrons. The van der Waals surface area contributed by atoms with Gasteiger partial charge in [0, 0.05) is 11.8 Å². The highest BCUT2D eigenvalue weighted by Crippen LogP contribution is 2.15. The van der Waals surface area contributed by atoms with Crippen LogP contribution in [0.15, 0.2) is 53.5 Å². The third kappa shape index (κ3) is 2.36. The molecule has 3 heteroatoms. The fourth-order valence-corrected chi connectivity index (χ4v) is 2.10. The van der Waals surface area contributed by atoms with Gasteiger partial charge in [-0.15, -0.1) is 0 Å². The molecule has 1 aromatic carbocycles. The van der Waals surface area contributed by atoms with Crippen LogP contribution in [0.1, 0.15) is 24.1 Å². The zero-order valence-corrected chi connectivity index (χ0v) is 10.4. The van der Waals surface area contributed by atoms with Gasteiger partial charge in [-0.2, -0.15) is 0 Å². The van der Waals surface area contributed by atoms with Crippen LogP contribution in [-0.2, 0) is 6.42 Å². The fraction of sp³-hybridized carbons (Fsp3) is 0.267. The minimum Gasteiger partial charge on any atom is -0.394 e. The van der Waals surface area contributed by atoms with Gasteiger partial charge in [0.2, 0.25) is 0 Å². The first-order chi connectivity index (χ1) is 8.77. The first-order valence-electron chi connectivity index (χ1n) is 6.13. The molecule has 0 saturated carbocycles. The molecule has 0 bridgehead atoms. The Morgan fingerprint density at radius 3 is 2.50 bits per heavy atom. The van der Waals surface area contributed by atoms with Crippen LogP contribution in [0.2, 0.25) is 0 Å². The molecule has 18 heavy (non-hydrogen) atoms. The molecule has 0 aliphatic heterocycles. The second kappa shape index (κ2) is 5.65. The summed E-state index contributed by atoms with van der Waals surface area (Å²) in [6, 6.07) is 13.0. The van der Waals surface area contributed by atoms with Crippen LogP contribution in [0.25, 0.3) is 0 Å². The number of aliphatic hydroxyl groups excluding tert-OH is 1. The van der Waals surface area contributed by atoms with Crippen molar-refractivity contribution in [2.45, 2.75) is 19.4 Å². The highest BCUT2D eigenvalue weighted by Gasteiger charge is 2.14. The summed E-state index contributed by atoms with van der Waals surface area (Å²) in [7, 11) is 0. The molecule has 0 amide bonds. The predicted octanol–water partition coefficient (Wildman–Crippen LogP) is 1.99. The van der Waals surface area contributed by atoms with E-state index in [2.05, 4.69) is 0 Å². The van der Waals surface area contributed by atoms with Gasteiger partial charge in [0.25, 0.3) is 5.56 Å². The van der Waals surface area contributed by atoms with Crippen LogP contribution < -0.4 is 5.56 Å². The van der Waals surface area contributed by atoms with E-state index in [4.69, 9.17) is 0 Å². The average molecular weight is 243 g/mol. The van der Waals surface area contributed by atoms with Crippen molar-refractivity contribution in [1.82, 2.24) is 4.57 Å². The highest BCUT2D eigenvalue weighted by molar-refractivity contribution is 5.21. The molecule has 94 valence electrons. The molecule has 3 nitrogen and oxygen atoms in total. The van der Waals surface area contributed by atoms with Crippen molar-refractivity contribution in [3.63, 3.8) is 0 Å². The molecule has 0 aliphatic carbocycles. The van der Waals surface area contributed by atoms with Gasteiger partial charge in [0.05, 0.1) is 12.6 Å². The van der Waals surface area contributed by atoms with Gasteiger partial charge in [-0.3, -0.25) is 4.79 Å². The number of pyridine rings is 1. The first kappa shape index (κ1) is 12.6. The predicted molar refractivity (Wildman–Crippen MR) is 71.7 cm³/mol. The Kier molecular flexibility index (Phi) is 3.95. The van der Waals surface area contributed by atoms with E-state index in [1.165, 1.54) is 0 Å². The van der Waals surface area contributed by atoms with Crippen molar-refractivity contribution in [2.75, 3.05) is 6.61 Å². The Labute approximate surface area is 106 Å².